The number of esters is 4. The first-order valence-corrected chi connectivity index (χ1v) is 10.4. The van der Waals surface area contributed by atoms with Crippen LogP contribution in [0.5, 0.6) is 0 Å². The maximum absolute atomic E-state index is 13.0. The van der Waals surface area contributed by atoms with Gasteiger partial charge in [-0.2, -0.15) is 0 Å². The maximum Gasteiger partial charge on any atom is 0.341 e. The Labute approximate surface area is 186 Å². The predicted octanol–water partition coefficient (Wildman–Crippen LogP) is 1.94. The lowest BCUT2D eigenvalue weighted by molar-refractivity contribution is -0.173. The molecular weight excluding hydrogens is 420 g/mol. The molecule has 2 fully saturated rings. The number of carbonyl (C=O) groups excluding carboxylic acids is 4. The quantitative estimate of drug-likeness (QED) is 0.209. The molecule has 32 heavy (non-hydrogen) atoms. The lowest BCUT2D eigenvalue weighted by Gasteiger charge is -2.33. The molecule has 0 unspecified atom stereocenters. The van der Waals surface area contributed by atoms with Crippen molar-refractivity contribution >= 4 is 23.9 Å². The average Bonchev–Trinajstić information content (AvgIpc) is 3.25. The van der Waals surface area contributed by atoms with E-state index in [1.165, 1.54) is 14.0 Å². The minimum absolute atomic E-state index is 0.0102. The summed E-state index contributed by atoms with van der Waals surface area (Å²) < 4.78 is 27.1. The van der Waals surface area contributed by atoms with E-state index in [0.29, 0.717) is 12.8 Å². The number of rotatable bonds is 4. The van der Waals surface area contributed by atoms with Crippen molar-refractivity contribution in [1.29, 1.82) is 0 Å². The van der Waals surface area contributed by atoms with Gasteiger partial charge in [0.05, 0.1) is 24.7 Å². The van der Waals surface area contributed by atoms with Crippen LogP contribution in [0.15, 0.2) is 35.5 Å². The van der Waals surface area contributed by atoms with E-state index in [1.54, 1.807) is 26.0 Å². The largest absolute Gasteiger partial charge is 0.466 e. The van der Waals surface area contributed by atoms with Gasteiger partial charge in [0.15, 0.2) is 17.8 Å². The molecule has 3 rings (SSSR count). The van der Waals surface area contributed by atoms with Crippen LogP contribution in [-0.2, 0) is 42.9 Å². The number of carbonyl (C=O) groups is 4. The molecule has 3 aliphatic rings. The lowest BCUT2D eigenvalue weighted by Crippen LogP contribution is -2.47. The molecule has 6 atom stereocenters. The molecule has 0 spiro atoms. The molecule has 1 aliphatic carbocycles. The van der Waals surface area contributed by atoms with E-state index in [4.69, 9.17) is 23.7 Å². The molecule has 0 radical (unpaired) electrons. The number of fused-ring (bicyclic) bond motifs is 1. The molecule has 0 N–H and O–H groups in total. The zero-order valence-corrected chi connectivity index (χ0v) is 18.8. The zero-order chi connectivity index (χ0) is 23.8. The normalized spacial score (nSPS) is 37.6. The Hall–Kier alpha value is -2.94. The van der Waals surface area contributed by atoms with E-state index in [2.05, 4.69) is 6.58 Å². The maximum atomic E-state index is 13.0. The van der Waals surface area contributed by atoms with Crippen LogP contribution in [0.2, 0.25) is 0 Å². The molecule has 2 heterocycles. The topological polar surface area (TPSA) is 118 Å². The Morgan fingerprint density at radius 3 is 2.47 bits per heavy atom. The molecule has 174 valence electrons. The molecule has 0 bridgehead atoms. The molecule has 0 saturated carbocycles. The number of epoxide rings is 1. The predicted molar refractivity (Wildman–Crippen MR) is 110 cm³/mol. The van der Waals surface area contributed by atoms with Crippen molar-refractivity contribution in [1.82, 2.24) is 0 Å². The van der Waals surface area contributed by atoms with E-state index in [-0.39, 0.29) is 17.3 Å². The zero-order valence-electron chi connectivity index (χ0n) is 18.8. The molecule has 9 nitrogen and oxygen atoms in total. The van der Waals surface area contributed by atoms with Gasteiger partial charge in [-0.1, -0.05) is 18.2 Å². The van der Waals surface area contributed by atoms with Gasteiger partial charge in [0.25, 0.3) is 0 Å². The third-order valence-corrected chi connectivity index (χ3v) is 6.07. The first-order chi connectivity index (χ1) is 15.0. The fourth-order valence-electron chi connectivity index (χ4n) is 3.98. The van der Waals surface area contributed by atoms with Gasteiger partial charge >= 0.3 is 23.9 Å². The Kier molecular flexibility index (Phi) is 6.59. The van der Waals surface area contributed by atoms with Crippen LogP contribution >= 0.6 is 0 Å². The lowest BCUT2D eigenvalue weighted by atomic mass is 9.83. The first-order valence-electron chi connectivity index (χ1n) is 10.4. The summed E-state index contributed by atoms with van der Waals surface area (Å²) in [6.45, 7) is 10.2. The van der Waals surface area contributed by atoms with Gasteiger partial charge in [0.1, 0.15) is 6.10 Å². The van der Waals surface area contributed by atoms with Crippen molar-refractivity contribution in [3.8, 4) is 0 Å². The Morgan fingerprint density at radius 2 is 1.91 bits per heavy atom. The molecule has 0 aromatic rings. The van der Waals surface area contributed by atoms with Gasteiger partial charge in [0, 0.05) is 12.5 Å². The number of hydrogen-bond acceptors (Lipinski definition) is 9. The standard InChI is InChI=1S/C23H28O9/c1-11-8-7-9-15(21(26)28-6)18(29-14(4)24)19(31-22(27)23(5)13(3)32-23)17-12(2)20(25)30-16(17)10-11/h9-10,13,16-19H,2,7-8H2,1,3-6H3/b11-10-,15-9+/t13-,16+,17-,18-,19+,23+/m0/s1. The molecule has 2 aliphatic heterocycles. The molecule has 9 heteroatoms. The summed E-state index contributed by atoms with van der Waals surface area (Å²) in [5.41, 5.74) is -0.216. The van der Waals surface area contributed by atoms with Crippen molar-refractivity contribution in [2.45, 2.75) is 70.6 Å². The number of allylic oxidation sites excluding steroid dienone is 2. The van der Waals surface area contributed by atoms with E-state index in [9.17, 15) is 19.2 Å². The van der Waals surface area contributed by atoms with Gasteiger partial charge in [-0.25, -0.2) is 14.4 Å². The minimum Gasteiger partial charge on any atom is -0.466 e. The first kappa shape index (κ1) is 23.7. The molecular formula is C23H28O9. The van der Waals surface area contributed by atoms with Gasteiger partial charge in [-0.15, -0.1) is 0 Å². The number of ether oxygens (including phenoxy) is 5. The van der Waals surface area contributed by atoms with Crippen LogP contribution in [0.4, 0.5) is 0 Å². The number of hydrogen-bond donors (Lipinski definition) is 0. The van der Waals surface area contributed by atoms with Crippen LogP contribution in [0.1, 0.15) is 40.5 Å². The second-order valence-corrected chi connectivity index (χ2v) is 8.39. The fraction of sp³-hybridized carbons (Fsp3) is 0.565. The summed E-state index contributed by atoms with van der Waals surface area (Å²) in [6, 6.07) is 0. The van der Waals surface area contributed by atoms with E-state index < -0.39 is 53.7 Å². The van der Waals surface area contributed by atoms with Crippen molar-refractivity contribution in [3.05, 3.63) is 35.5 Å². The Morgan fingerprint density at radius 1 is 1.25 bits per heavy atom. The van der Waals surface area contributed by atoms with E-state index in [1.807, 2.05) is 6.92 Å². The van der Waals surface area contributed by atoms with Crippen molar-refractivity contribution in [2.75, 3.05) is 7.11 Å². The van der Waals surface area contributed by atoms with Gasteiger partial charge in [-0.05, 0) is 39.7 Å². The highest BCUT2D eigenvalue weighted by atomic mass is 16.7. The fourth-order valence-corrected chi connectivity index (χ4v) is 3.98. The van der Waals surface area contributed by atoms with Crippen LogP contribution in [0.25, 0.3) is 0 Å². The summed E-state index contributed by atoms with van der Waals surface area (Å²) in [7, 11) is 1.20. The monoisotopic (exact) mass is 448 g/mol. The summed E-state index contributed by atoms with van der Waals surface area (Å²) in [5.74, 6) is -3.70. The van der Waals surface area contributed by atoms with Crippen LogP contribution in [0, 0.1) is 5.92 Å². The smallest absolute Gasteiger partial charge is 0.341 e. The SMILES string of the molecule is C=C1C(=O)O[C@@H]2/C=C(/C)CC/C=C(/C(=O)OC)[C@H](OC(C)=O)[C@H](OC(=O)[C@]3(C)O[C@H]3C)[C@@H]12. The van der Waals surface area contributed by atoms with E-state index in [0.717, 1.165) is 5.57 Å². The van der Waals surface area contributed by atoms with Crippen LogP contribution in [0.3, 0.4) is 0 Å². The number of methoxy groups -OCH3 is 1. The Bertz CT molecular complexity index is 914. The third kappa shape index (κ3) is 4.48. The second-order valence-electron chi connectivity index (χ2n) is 8.39. The highest BCUT2D eigenvalue weighted by molar-refractivity contribution is 5.93. The average molecular weight is 448 g/mol. The minimum atomic E-state index is -1.34. The molecule has 2 saturated heterocycles. The van der Waals surface area contributed by atoms with Gasteiger partial charge in [-0.3, -0.25) is 4.79 Å². The van der Waals surface area contributed by atoms with Gasteiger partial charge < -0.3 is 23.7 Å². The van der Waals surface area contributed by atoms with Crippen molar-refractivity contribution in [2.24, 2.45) is 5.92 Å². The van der Waals surface area contributed by atoms with Crippen LogP contribution < -0.4 is 0 Å². The summed E-state index contributed by atoms with van der Waals surface area (Å²) in [6.07, 6.45) is 0.540. The van der Waals surface area contributed by atoms with Crippen molar-refractivity contribution < 1.29 is 42.9 Å². The summed E-state index contributed by atoms with van der Waals surface area (Å²) in [4.78, 5) is 50.0. The molecule has 0 amide bonds. The van der Waals surface area contributed by atoms with Crippen LogP contribution in [-0.4, -0.2) is 61.0 Å². The molecule has 0 aromatic carbocycles. The highest BCUT2D eigenvalue weighted by Crippen LogP contribution is 2.41. The second kappa shape index (κ2) is 8.90. The van der Waals surface area contributed by atoms with E-state index >= 15 is 0 Å². The summed E-state index contributed by atoms with van der Waals surface area (Å²) in [5, 5.41) is 0. The van der Waals surface area contributed by atoms with Gasteiger partial charge in [0.2, 0.25) is 0 Å². The highest BCUT2D eigenvalue weighted by Gasteiger charge is 2.59. The molecule has 0 aromatic heterocycles. The Balaban J connectivity index is 2.14. The van der Waals surface area contributed by atoms with Crippen molar-refractivity contribution in [3.63, 3.8) is 0 Å². The third-order valence-electron chi connectivity index (χ3n) is 6.07. The summed E-state index contributed by atoms with van der Waals surface area (Å²) >= 11 is 0.